The van der Waals surface area contributed by atoms with Crippen molar-refractivity contribution in [2.45, 2.75) is 13.3 Å². The van der Waals surface area contributed by atoms with Crippen molar-refractivity contribution < 1.29 is 0 Å². The zero-order valence-corrected chi connectivity index (χ0v) is 12.0. The quantitative estimate of drug-likeness (QED) is 0.744. The van der Waals surface area contributed by atoms with Gasteiger partial charge in [0.25, 0.3) is 0 Å². The van der Waals surface area contributed by atoms with Crippen LogP contribution in [0.4, 0.5) is 5.82 Å². The van der Waals surface area contributed by atoms with Gasteiger partial charge in [-0.2, -0.15) is 9.61 Å². The van der Waals surface area contributed by atoms with Gasteiger partial charge in [-0.1, -0.05) is 13.0 Å². The van der Waals surface area contributed by atoms with Crippen LogP contribution in [-0.4, -0.2) is 32.7 Å². The predicted octanol–water partition coefficient (Wildman–Crippen LogP) is 1.72. The molecule has 3 heterocycles. The minimum atomic E-state index is 0.569. The monoisotopic (exact) mass is 282 g/mol. The van der Waals surface area contributed by atoms with Gasteiger partial charge in [0, 0.05) is 37.1 Å². The largest absolute Gasteiger partial charge is 0.369 e. The normalized spacial score (nSPS) is 11.0. The van der Waals surface area contributed by atoms with E-state index in [1.54, 1.807) is 10.7 Å². The molecule has 0 spiro atoms. The van der Waals surface area contributed by atoms with E-state index in [4.69, 9.17) is 5.73 Å². The zero-order valence-electron chi connectivity index (χ0n) is 12.0. The Bertz CT molecular complexity index is 735. The van der Waals surface area contributed by atoms with Crippen LogP contribution in [0.5, 0.6) is 0 Å². The van der Waals surface area contributed by atoms with Crippen LogP contribution in [0.15, 0.2) is 36.5 Å². The second kappa shape index (κ2) is 5.88. The summed E-state index contributed by atoms with van der Waals surface area (Å²) in [5, 5.41) is 7.89. The number of nitrogens with zero attached hydrogens (tertiary/aromatic N) is 4. The van der Waals surface area contributed by atoms with E-state index >= 15 is 0 Å². The number of fused-ring (bicyclic) bond motifs is 1. The summed E-state index contributed by atoms with van der Waals surface area (Å²) in [6, 6.07) is 9.74. The Labute approximate surface area is 123 Å². The van der Waals surface area contributed by atoms with E-state index in [-0.39, 0.29) is 0 Å². The number of anilines is 1. The number of aryl methyl sites for hydroxylation is 1. The van der Waals surface area contributed by atoms with E-state index in [0.717, 1.165) is 35.0 Å². The molecule has 0 unspecified atom stereocenters. The lowest BCUT2D eigenvalue weighted by atomic mass is 10.3. The van der Waals surface area contributed by atoms with Crippen molar-refractivity contribution >= 4 is 11.5 Å². The first-order valence-electron chi connectivity index (χ1n) is 7.07. The number of aromatic nitrogens is 4. The Morgan fingerprint density at radius 3 is 2.86 bits per heavy atom. The first kappa shape index (κ1) is 13.5. The minimum Gasteiger partial charge on any atom is -0.369 e. The highest BCUT2D eigenvalue weighted by Crippen LogP contribution is 2.20. The third kappa shape index (κ3) is 2.71. The highest BCUT2D eigenvalue weighted by atomic mass is 15.3. The van der Waals surface area contributed by atoms with Crippen LogP contribution >= 0.6 is 0 Å². The number of nitrogens with two attached hydrogens (primary N) is 1. The Kier molecular flexibility index (Phi) is 3.79. The fourth-order valence-corrected chi connectivity index (χ4v) is 2.17. The molecule has 3 N–H and O–H groups in total. The predicted molar refractivity (Wildman–Crippen MR) is 83.1 cm³/mol. The number of hydrogen-bond donors (Lipinski definition) is 2. The lowest BCUT2D eigenvalue weighted by Gasteiger charge is -2.08. The molecule has 0 aliphatic rings. The SMILES string of the molecule is CCc1cc(NCCN)n2nc(-c3ccccn3)cc2n1. The summed E-state index contributed by atoms with van der Waals surface area (Å²) in [6.45, 7) is 3.35. The summed E-state index contributed by atoms with van der Waals surface area (Å²) in [4.78, 5) is 8.94. The first-order chi connectivity index (χ1) is 10.3. The lowest BCUT2D eigenvalue weighted by molar-refractivity contribution is 0.897. The maximum Gasteiger partial charge on any atom is 0.158 e. The van der Waals surface area contributed by atoms with Crippen molar-refractivity contribution in [2.24, 2.45) is 5.73 Å². The van der Waals surface area contributed by atoms with Crippen molar-refractivity contribution in [3.63, 3.8) is 0 Å². The Hall–Kier alpha value is -2.47. The molecule has 0 bridgehead atoms. The van der Waals surface area contributed by atoms with Gasteiger partial charge >= 0.3 is 0 Å². The number of nitrogens with one attached hydrogen (secondary N) is 1. The molecule has 0 aromatic carbocycles. The molecule has 3 aromatic heterocycles. The van der Waals surface area contributed by atoms with Crippen LogP contribution in [0.3, 0.4) is 0 Å². The first-order valence-corrected chi connectivity index (χ1v) is 7.07. The fourth-order valence-electron chi connectivity index (χ4n) is 2.17. The third-order valence-electron chi connectivity index (χ3n) is 3.22. The summed E-state index contributed by atoms with van der Waals surface area (Å²) in [5.41, 5.74) is 9.06. The summed E-state index contributed by atoms with van der Waals surface area (Å²) in [6.07, 6.45) is 2.63. The molecule has 0 radical (unpaired) electrons. The van der Waals surface area contributed by atoms with E-state index in [9.17, 15) is 0 Å². The van der Waals surface area contributed by atoms with Gasteiger partial charge in [-0.25, -0.2) is 4.98 Å². The van der Waals surface area contributed by atoms with Crippen molar-refractivity contribution in [1.82, 2.24) is 19.6 Å². The summed E-state index contributed by atoms with van der Waals surface area (Å²) in [5.74, 6) is 0.907. The number of rotatable bonds is 5. The molecular formula is C15H18N6. The minimum absolute atomic E-state index is 0.569. The summed E-state index contributed by atoms with van der Waals surface area (Å²) < 4.78 is 1.80. The summed E-state index contributed by atoms with van der Waals surface area (Å²) >= 11 is 0. The fraction of sp³-hybridized carbons (Fsp3) is 0.267. The maximum atomic E-state index is 5.57. The van der Waals surface area contributed by atoms with Gasteiger partial charge in [0.05, 0.1) is 5.69 Å². The molecule has 0 fully saturated rings. The Morgan fingerprint density at radius 2 is 2.14 bits per heavy atom. The molecule has 108 valence electrons. The number of pyridine rings is 1. The molecule has 0 aliphatic carbocycles. The average Bonchev–Trinajstić information content (AvgIpc) is 2.97. The van der Waals surface area contributed by atoms with Crippen molar-refractivity contribution in [3.8, 4) is 11.4 Å². The molecule has 0 atom stereocenters. The molecular weight excluding hydrogens is 264 g/mol. The van der Waals surface area contributed by atoms with Gasteiger partial charge in [0.1, 0.15) is 11.5 Å². The van der Waals surface area contributed by atoms with Crippen LogP contribution < -0.4 is 11.1 Å². The molecule has 0 amide bonds. The lowest BCUT2D eigenvalue weighted by Crippen LogP contribution is -2.16. The topological polar surface area (TPSA) is 81.1 Å². The van der Waals surface area contributed by atoms with Crippen LogP contribution in [0.1, 0.15) is 12.6 Å². The molecule has 6 nitrogen and oxygen atoms in total. The van der Waals surface area contributed by atoms with Gasteiger partial charge < -0.3 is 11.1 Å². The zero-order chi connectivity index (χ0) is 14.7. The van der Waals surface area contributed by atoms with Gasteiger partial charge in [-0.15, -0.1) is 0 Å². The van der Waals surface area contributed by atoms with E-state index in [1.165, 1.54) is 0 Å². The number of hydrogen-bond acceptors (Lipinski definition) is 5. The molecule has 6 heteroatoms. The summed E-state index contributed by atoms with van der Waals surface area (Å²) in [7, 11) is 0. The van der Waals surface area contributed by atoms with E-state index in [2.05, 4.69) is 27.3 Å². The molecule has 0 aliphatic heterocycles. The van der Waals surface area contributed by atoms with Gasteiger partial charge in [-0.3, -0.25) is 4.98 Å². The average molecular weight is 282 g/mol. The van der Waals surface area contributed by atoms with Crippen LogP contribution in [0, 0.1) is 0 Å². The Balaban J connectivity index is 2.10. The maximum absolute atomic E-state index is 5.57. The van der Waals surface area contributed by atoms with E-state index in [0.29, 0.717) is 13.1 Å². The van der Waals surface area contributed by atoms with Crippen molar-refractivity contribution in [1.29, 1.82) is 0 Å². The molecule has 3 aromatic rings. The van der Waals surface area contributed by atoms with E-state index in [1.807, 2.05) is 30.3 Å². The highest BCUT2D eigenvalue weighted by Gasteiger charge is 2.10. The van der Waals surface area contributed by atoms with Crippen LogP contribution in [0.25, 0.3) is 17.0 Å². The second-order valence-corrected chi connectivity index (χ2v) is 4.72. The Morgan fingerprint density at radius 1 is 1.24 bits per heavy atom. The second-order valence-electron chi connectivity index (χ2n) is 4.72. The third-order valence-corrected chi connectivity index (χ3v) is 3.22. The van der Waals surface area contributed by atoms with Crippen molar-refractivity contribution in [3.05, 3.63) is 42.2 Å². The molecule has 3 rings (SSSR count). The standard InChI is InChI=1S/C15H18N6/c1-2-11-9-14(18-8-6-16)21-15(19-11)10-13(20-21)12-5-3-4-7-17-12/h3-5,7,9-10,18H,2,6,8,16H2,1H3. The van der Waals surface area contributed by atoms with E-state index < -0.39 is 0 Å². The van der Waals surface area contributed by atoms with Crippen molar-refractivity contribution in [2.75, 3.05) is 18.4 Å². The molecule has 21 heavy (non-hydrogen) atoms. The smallest absolute Gasteiger partial charge is 0.158 e. The van der Waals surface area contributed by atoms with Crippen LogP contribution in [0.2, 0.25) is 0 Å². The highest BCUT2D eigenvalue weighted by molar-refractivity contribution is 5.62. The van der Waals surface area contributed by atoms with Gasteiger partial charge in [-0.05, 0) is 18.6 Å². The molecule has 0 saturated carbocycles. The van der Waals surface area contributed by atoms with Crippen LogP contribution in [-0.2, 0) is 6.42 Å². The van der Waals surface area contributed by atoms with Gasteiger partial charge in [0.15, 0.2) is 5.65 Å². The molecule has 0 saturated heterocycles. The van der Waals surface area contributed by atoms with Gasteiger partial charge in [0.2, 0.25) is 0 Å².